The second-order valence-electron chi connectivity index (χ2n) is 4.54. The van der Waals surface area contributed by atoms with Crippen LogP contribution >= 0.6 is 15.9 Å². The number of carbonyl (C=O) groups excluding carboxylic acids is 1. The van der Waals surface area contributed by atoms with Crippen molar-refractivity contribution in [3.8, 4) is 0 Å². The summed E-state index contributed by atoms with van der Waals surface area (Å²) in [6.45, 7) is 1.84. The minimum Gasteiger partial charge on any atom is -0.444 e. The van der Waals surface area contributed by atoms with Crippen LogP contribution in [0.1, 0.15) is 41.8 Å². The Kier molecular flexibility index (Phi) is 3.89. The summed E-state index contributed by atoms with van der Waals surface area (Å²) in [6.07, 6.45) is 2.96. The van der Waals surface area contributed by atoms with E-state index in [2.05, 4.69) is 21.2 Å². The number of carbonyl (C=O) groups is 1. The fourth-order valence-corrected chi connectivity index (χ4v) is 2.64. The molecule has 1 amide bonds. The highest BCUT2D eigenvalue weighted by atomic mass is 79.9. The average Bonchev–Trinajstić information content (AvgIpc) is 2.61. The molecule has 0 aromatic carbocycles. The summed E-state index contributed by atoms with van der Waals surface area (Å²) in [6, 6.07) is 1.92. The molecule has 0 spiro atoms. The third kappa shape index (κ3) is 3.10. The molecule has 1 aliphatic carbocycles. The first-order chi connectivity index (χ1) is 8.06. The van der Waals surface area contributed by atoms with Crippen LogP contribution in [0.4, 0.5) is 0 Å². The van der Waals surface area contributed by atoms with E-state index in [1.165, 1.54) is 0 Å². The molecule has 1 aliphatic rings. The van der Waals surface area contributed by atoms with Crippen LogP contribution < -0.4 is 5.32 Å². The lowest BCUT2D eigenvalue weighted by molar-refractivity contribution is 0.0841. The molecular weight excluding hydrogens is 286 g/mol. The molecule has 0 aliphatic heterocycles. The van der Waals surface area contributed by atoms with E-state index in [0.29, 0.717) is 10.4 Å². The largest absolute Gasteiger partial charge is 0.444 e. The van der Waals surface area contributed by atoms with Gasteiger partial charge in [-0.25, -0.2) is 0 Å². The van der Waals surface area contributed by atoms with Crippen molar-refractivity contribution >= 4 is 21.8 Å². The van der Waals surface area contributed by atoms with Gasteiger partial charge in [0.1, 0.15) is 0 Å². The minimum atomic E-state index is -0.206. The Morgan fingerprint density at radius 2 is 2.12 bits per heavy atom. The van der Waals surface area contributed by atoms with Gasteiger partial charge in [0.25, 0.3) is 5.91 Å². The highest BCUT2D eigenvalue weighted by molar-refractivity contribution is 9.10. The molecule has 1 aromatic rings. The molecule has 0 bridgehead atoms. The predicted molar refractivity (Wildman–Crippen MR) is 66.9 cm³/mol. The number of aliphatic hydroxyl groups excluding tert-OH is 1. The summed E-state index contributed by atoms with van der Waals surface area (Å²) in [4.78, 5) is 11.9. The maximum absolute atomic E-state index is 11.9. The Hall–Kier alpha value is -0.810. The van der Waals surface area contributed by atoms with E-state index in [-0.39, 0.29) is 18.1 Å². The maximum Gasteiger partial charge on any atom is 0.287 e. The van der Waals surface area contributed by atoms with Crippen molar-refractivity contribution in [1.82, 2.24) is 5.32 Å². The average molecular weight is 302 g/mol. The molecule has 1 heterocycles. The van der Waals surface area contributed by atoms with Gasteiger partial charge in [-0.15, -0.1) is 0 Å². The van der Waals surface area contributed by atoms with Crippen molar-refractivity contribution in [3.63, 3.8) is 0 Å². The van der Waals surface area contributed by atoms with Crippen LogP contribution in [0.2, 0.25) is 0 Å². The third-order valence-electron chi connectivity index (χ3n) is 3.13. The first-order valence-electron chi connectivity index (χ1n) is 5.81. The molecule has 0 saturated heterocycles. The summed E-state index contributed by atoms with van der Waals surface area (Å²) in [7, 11) is 0. The monoisotopic (exact) mass is 301 g/mol. The van der Waals surface area contributed by atoms with Crippen LogP contribution in [0.5, 0.6) is 0 Å². The number of nitrogens with one attached hydrogen (secondary N) is 1. The number of aryl methyl sites for hydroxylation is 1. The van der Waals surface area contributed by atoms with Crippen LogP contribution in [0, 0.1) is 6.92 Å². The molecule has 0 radical (unpaired) electrons. The maximum atomic E-state index is 11.9. The smallest absolute Gasteiger partial charge is 0.287 e. The number of aliphatic hydroxyl groups is 1. The van der Waals surface area contributed by atoms with Gasteiger partial charge in [-0.2, -0.15) is 0 Å². The van der Waals surface area contributed by atoms with Crippen molar-refractivity contribution < 1.29 is 14.3 Å². The fraction of sp³-hybridized carbons (Fsp3) is 0.583. The molecule has 5 heteroatoms. The highest BCUT2D eigenvalue weighted by Gasteiger charge is 2.23. The summed E-state index contributed by atoms with van der Waals surface area (Å²) in [5.41, 5.74) is 0.824. The second kappa shape index (κ2) is 5.23. The summed E-state index contributed by atoms with van der Waals surface area (Å²) >= 11 is 3.20. The fourth-order valence-electron chi connectivity index (χ4n) is 2.14. The van der Waals surface area contributed by atoms with Crippen LogP contribution in [0.3, 0.4) is 0 Å². The van der Waals surface area contributed by atoms with E-state index in [1.807, 2.05) is 6.92 Å². The normalized spacial score (nSPS) is 24.6. The molecule has 17 heavy (non-hydrogen) atoms. The molecule has 1 saturated carbocycles. The van der Waals surface area contributed by atoms with E-state index < -0.39 is 0 Å². The molecular formula is C12H16BrNO3. The molecule has 1 aromatic heterocycles. The van der Waals surface area contributed by atoms with Crippen molar-refractivity contribution in [2.75, 3.05) is 0 Å². The van der Waals surface area contributed by atoms with Gasteiger partial charge >= 0.3 is 0 Å². The Morgan fingerprint density at radius 3 is 2.65 bits per heavy atom. The molecule has 1 fully saturated rings. The molecule has 0 atom stereocenters. The standard InChI is InChI=1S/C12H16BrNO3/c1-7-6-10(13)17-11(7)12(16)14-8-2-4-9(15)5-3-8/h6,8-9,15H,2-5H2,1H3,(H,14,16). The van der Waals surface area contributed by atoms with Crippen molar-refractivity contribution in [2.45, 2.75) is 44.8 Å². The summed E-state index contributed by atoms with van der Waals surface area (Å²) in [5.74, 6) is 0.192. The van der Waals surface area contributed by atoms with Crippen LogP contribution in [0.25, 0.3) is 0 Å². The lowest BCUT2D eigenvalue weighted by atomic mass is 9.93. The van der Waals surface area contributed by atoms with E-state index in [1.54, 1.807) is 6.07 Å². The Balaban J connectivity index is 1.95. The van der Waals surface area contributed by atoms with Crippen LogP contribution in [0.15, 0.2) is 15.2 Å². The van der Waals surface area contributed by atoms with E-state index in [9.17, 15) is 9.90 Å². The van der Waals surface area contributed by atoms with Crippen molar-refractivity contribution in [2.24, 2.45) is 0 Å². The number of halogens is 1. The SMILES string of the molecule is Cc1cc(Br)oc1C(=O)NC1CCC(O)CC1. The second-order valence-corrected chi connectivity index (χ2v) is 5.32. The van der Waals surface area contributed by atoms with Gasteiger partial charge in [0.2, 0.25) is 0 Å². The topological polar surface area (TPSA) is 62.5 Å². The number of amides is 1. The Bertz CT molecular complexity index is 408. The van der Waals surface area contributed by atoms with Crippen molar-refractivity contribution in [1.29, 1.82) is 0 Å². The zero-order chi connectivity index (χ0) is 12.4. The summed E-state index contributed by atoms with van der Waals surface area (Å²) in [5, 5.41) is 12.3. The number of hydrogen-bond donors (Lipinski definition) is 2. The van der Waals surface area contributed by atoms with Gasteiger partial charge in [0.05, 0.1) is 6.10 Å². The van der Waals surface area contributed by atoms with Crippen LogP contribution in [-0.2, 0) is 0 Å². The molecule has 94 valence electrons. The summed E-state index contributed by atoms with van der Waals surface area (Å²) < 4.78 is 5.86. The molecule has 2 N–H and O–H groups in total. The molecule has 2 rings (SSSR count). The lowest BCUT2D eigenvalue weighted by Gasteiger charge is -2.25. The molecule has 0 unspecified atom stereocenters. The lowest BCUT2D eigenvalue weighted by Crippen LogP contribution is -2.38. The molecule has 4 nitrogen and oxygen atoms in total. The highest BCUT2D eigenvalue weighted by Crippen LogP contribution is 2.22. The predicted octanol–water partition coefficient (Wildman–Crippen LogP) is 2.38. The third-order valence-corrected chi connectivity index (χ3v) is 3.52. The quantitative estimate of drug-likeness (QED) is 0.881. The number of furan rings is 1. The zero-order valence-electron chi connectivity index (χ0n) is 9.70. The van der Waals surface area contributed by atoms with Crippen LogP contribution in [-0.4, -0.2) is 23.2 Å². The van der Waals surface area contributed by atoms with Gasteiger partial charge < -0.3 is 14.8 Å². The van der Waals surface area contributed by atoms with E-state index >= 15 is 0 Å². The van der Waals surface area contributed by atoms with Gasteiger partial charge in [0.15, 0.2) is 10.4 Å². The minimum absolute atomic E-state index is 0.147. The first-order valence-corrected chi connectivity index (χ1v) is 6.60. The first kappa shape index (κ1) is 12.6. The Labute approximate surface area is 109 Å². The van der Waals surface area contributed by atoms with E-state index in [0.717, 1.165) is 31.2 Å². The van der Waals surface area contributed by atoms with Gasteiger partial charge in [-0.1, -0.05) is 0 Å². The number of hydrogen-bond acceptors (Lipinski definition) is 3. The van der Waals surface area contributed by atoms with Gasteiger partial charge in [-0.3, -0.25) is 4.79 Å². The van der Waals surface area contributed by atoms with Crippen molar-refractivity contribution in [3.05, 3.63) is 22.1 Å². The van der Waals surface area contributed by atoms with E-state index in [4.69, 9.17) is 4.42 Å². The number of rotatable bonds is 2. The Morgan fingerprint density at radius 1 is 1.47 bits per heavy atom. The van der Waals surface area contributed by atoms with Gasteiger partial charge in [0, 0.05) is 11.6 Å². The zero-order valence-corrected chi connectivity index (χ0v) is 11.3. The van der Waals surface area contributed by atoms with Gasteiger partial charge in [-0.05, 0) is 54.6 Å².